The van der Waals surface area contributed by atoms with Crippen LogP contribution in [0.4, 0.5) is 0 Å². The van der Waals surface area contributed by atoms with Crippen molar-refractivity contribution in [2.45, 2.75) is 0 Å². The minimum absolute atomic E-state index is 0.0102. The van der Waals surface area contributed by atoms with Gasteiger partial charge in [0.15, 0.2) is 5.69 Å². The van der Waals surface area contributed by atoms with Crippen LogP contribution in [0.3, 0.4) is 0 Å². The minimum Gasteiger partial charge on any atom is -0.335 e. The number of para-hydroxylation sites is 1. The first kappa shape index (κ1) is 17.0. The zero-order valence-corrected chi connectivity index (χ0v) is 14.9. The van der Waals surface area contributed by atoms with E-state index >= 15 is 0 Å². The molecule has 1 saturated heterocycles. The van der Waals surface area contributed by atoms with Gasteiger partial charge in [0.25, 0.3) is 11.8 Å². The summed E-state index contributed by atoms with van der Waals surface area (Å²) in [7, 11) is 0. The summed E-state index contributed by atoms with van der Waals surface area (Å²) in [5.74, 6) is -0.0902. The van der Waals surface area contributed by atoms with E-state index < -0.39 is 0 Å². The van der Waals surface area contributed by atoms with Crippen LogP contribution in [0.1, 0.15) is 20.8 Å². The molecule has 0 radical (unpaired) electrons. The number of nitrogens with zero attached hydrogens (tertiary/aromatic N) is 4. The number of carbonyl (C=O) groups excluding carboxylic acids is 2. The molecule has 0 atom stereocenters. The molecule has 136 valence electrons. The fourth-order valence-electron chi connectivity index (χ4n) is 3.20. The summed E-state index contributed by atoms with van der Waals surface area (Å²) in [6, 6.07) is 20.7. The Morgan fingerprint density at radius 3 is 1.89 bits per heavy atom. The van der Waals surface area contributed by atoms with Crippen molar-refractivity contribution in [3.05, 3.63) is 84.2 Å². The van der Waals surface area contributed by atoms with Crippen LogP contribution in [-0.4, -0.2) is 57.6 Å². The minimum atomic E-state index is -0.100. The van der Waals surface area contributed by atoms with E-state index in [4.69, 9.17) is 0 Å². The molecule has 1 aromatic heterocycles. The van der Waals surface area contributed by atoms with Crippen molar-refractivity contribution in [1.82, 2.24) is 19.6 Å². The average molecular weight is 360 g/mol. The largest absolute Gasteiger partial charge is 0.335 e. The standard InChI is InChI=1S/C21H20N4O2/c26-20(17-7-3-1-4-8-17)23-13-15-24(16-14-23)21(27)19-11-12-25(22-19)18-9-5-2-6-10-18/h1-12H,13-16H2. The van der Waals surface area contributed by atoms with Gasteiger partial charge in [0.1, 0.15) is 0 Å². The first-order chi connectivity index (χ1) is 13.2. The molecule has 1 fully saturated rings. The van der Waals surface area contributed by atoms with Gasteiger partial charge in [0, 0.05) is 37.9 Å². The van der Waals surface area contributed by atoms with Gasteiger partial charge in [-0.3, -0.25) is 9.59 Å². The van der Waals surface area contributed by atoms with E-state index in [-0.39, 0.29) is 11.8 Å². The molecule has 0 saturated carbocycles. The fourth-order valence-corrected chi connectivity index (χ4v) is 3.20. The van der Waals surface area contributed by atoms with Gasteiger partial charge in [-0.15, -0.1) is 0 Å². The molecule has 0 spiro atoms. The third-order valence-corrected chi connectivity index (χ3v) is 4.70. The normalized spacial score (nSPS) is 14.2. The highest BCUT2D eigenvalue weighted by atomic mass is 16.2. The third-order valence-electron chi connectivity index (χ3n) is 4.70. The van der Waals surface area contributed by atoms with Crippen molar-refractivity contribution in [2.24, 2.45) is 0 Å². The van der Waals surface area contributed by atoms with Crippen LogP contribution in [0.2, 0.25) is 0 Å². The zero-order valence-electron chi connectivity index (χ0n) is 14.9. The number of hydrogen-bond donors (Lipinski definition) is 0. The number of rotatable bonds is 3. The lowest BCUT2D eigenvalue weighted by molar-refractivity contribution is 0.0532. The van der Waals surface area contributed by atoms with E-state index in [2.05, 4.69) is 5.10 Å². The van der Waals surface area contributed by atoms with Gasteiger partial charge in [-0.1, -0.05) is 36.4 Å². The summed E-state index contributed by atoms with van der Waals surface area (Å²) in [5.41, 5.74) is 2.01. The van der Waals surface area contributed by atoms with Crippen molar-refractivity contribution >= 4 is 11.8 Å². The molecule has 1 aliphatic heterocycles. The zero-order chi connectivity index (χ0) is 18.6. The Kier molecular flexibility index (Phi) is 4.70. The van der Waals surface area contributed by atoms with E-state index in [0.717, 1.165) is 5.69 Å². The lowest BCUT2D eigenvalue weighted by Crippen LogP contribution is -2.50. The fraction of sp³-hybridized carbons (Fsp3) is 0.190. The maximum absolute atomic E-state index is 12.7. The second-order valence-corrected chi connectivity index (χ2v) is 6.43. The summed E-state index contributed by atoms with van der Waals surface area (Å²) in [6.45, 7) is 2.07. The number of carbonyl (C=O) groups is 2. The third kappa shape index (κ3) is 3.60. The van der Waals surface area contributed by atoms with E-state index in [1.165, 1.54) is 0 Å². The maximum atomic E-state index is 12.7. The molecule has 0 N–H and O–H groups in total. The molecule has 0 aliphatic carbocycles. The summed E-state index contributed by atoms with van der Waals surface area (Å²) in [5, 5.41) is 4.40. The van der Waals surface area contributed by atoms with Crippen LogP contribution in [0.15, 0.2) is 72.9 Å². The van der Waals surface area contributed by atoms with Gasteiger partial charge in [-0.05, 0) is 30.3 Å². The van der Waals surface area contributed by atoms with E-state index in [1.54, 1.807) is 26.7 Å². The monoisotopic (exact) mass is 360 g/mol. The molecule has 2 heterocycles. The van der Waals surface area contributed by atoms with Crippen LogP contribution in [0.25, 0.3) is 5.69 Å². The molecule has 27 heavy (non-hydrogen) atoms. The Balaban J connectivity index is 1.39. The highest BCUT2D eigenvalue weighted by Gasteiger charge is 2.26. The number of hydrogen-bond acceptors (Lipinski definition) is 3. The highest BCUT2D eigenvalue weighted by molar-refractivity contribution is 5.95. The summed E-state index contributed by atoms with van der Waals surface area (Å²) >= 11 is 0. The van der Waals surface area contributed by atoms with E-state index in [1.807, 2.05) is 60.7 Å². The lowest BCUT2D eigenvalue weighted by atomic mass is 10.2. The van der Waals surface area contributed by atoms with Crippen molar-refractivity contribution < 1.29 is 9.59 Å². The van der Waals surface area contributed by atoms with Crippen LogP contribution in [0, 0.1) is 0 Å². The van der Waals surface area contributed by atoms with Gasteiger partial charge in [0.2, 0.25) is 0 Å². The Morgan fingerprint density at radius 1 is 0.704 bits per heavy atom. The van der Waals surface area contributed by atoms with Gasteiger partial charge in [-0.2, -0.15) is 5.10 Å². The summed E-state index contributed by atoms with van der Waals surface area (Å²) in [6.07, 6.45) is 1.79. The Hall–Kier alpha value is -3.41. The molecule has 2 aromatic carbocycles. The number of aromatic nitrogens is 2. The van der Waals surface area contributed by atoms with Crippen molar-refractivity contribution in [3.8, 4) is 5.69 Å². The number of amides is 2. The molecule has 0 bridgehead atoms. The van der Waals surface area contributed by atoms with Gasteiger partial charge < -0.3 is 9.80 Å². The van der Waals surface area contributed by atoms with Crippen LogP contribution < -0.4 is 0 Å². The first-order valence-corrected chi connectivity index (χ1v) is 8.97. The molecule has 6 nitrogen and oxygen atoms in total. The molecule has 0 unspecified atom stereocenters. The second-order valence-electron chi connectivity index (χ2n) is 6.43. The Morgan fingerprint density at radius 2 is 1.26 bits per heavy atom. The quantitative estimate of drug-likeness (QED) is 0.721. The van der Waals surface area contributed by atoms with Crippen molar-refractivity contribution in [3.63, 3.8) is 0 Å². The average Bonchev–Trinajstić information content (AvgIpc) is 3.24. The van der Waals surface area contributed by atoms with Gasteiger partial charge in [-0.25, -0.2) is 4.68 Å². The summed E-state index contributed by atoms with van der Waals surface area (Å²) in [4.78, 5) is 28.8. The van der Waals surface area contributed by atoms with Crippen LogP contribution in [0.5, 0.6) is 0 Å². The first-order valence-electron chi connectivity index (χ1n) is 8.97. The Labute approximate surface area is 157 Å². The molecular weight excluding hydrogens is 340 g/mol. The topological polar surface area (TPSA) is 58.4 Å². The summed E-state index contributed by atoms with van der Waals surface area (Å²) < 4.78 is 1.70. The molecule has 4 rings (SSSR count). The highest BCUT2D eigenvalue weighted by Crippen LogP contribution is 2.12. The number of benzene rings is 2. The van der Waals surface area contributed by atoms with Crippen molar-refractivity contribution in [1.29, 1.82) is 0 Å². The molecule has 6 heteroatoms. The molecule has 3 aromatic rings. The van der Waals surface area contributed by atoms with Crippen molar-refractivity contribution in [2.75, 3.05) is 26.2 Å². The second kappa shape index (κ2) is 7.45. The van der Waals surface area contributed by atoms with Crippen LogP contribution >= 0.6 is 0 Å². The predicted molar refractivity (Wildman–Crippen MR) is 102 cm³/mol. The van der Waals surface area contributed by atoms with Crippen LogP contribution in [-0.2, 0) is 0 Å². The van der Waals surface area contributed by atoms with E-state index in [9.17, 15) is 9.59 Å². The maximum Gasteiger partial charge on any atom is 0.274 e. The van der Waals surface area contributed by atoms with E-state index in [0.29, 0.717) is 37.4 Å². The SMILES string of the molecule is O=C(c1ccccc1)N1CCN(C(=O)c2ccn(-c3ccccc3)n2)CC1. The Bertz CT molecular complexity index is 929. The number of piperazine rings is 1. The van der Waals surface area contributed by atoms with Gasteiger partial charge in [0.05, 0.1) is 5.69 Å². The molecular formula is C21H20N4O2. The van der Waals surface area contributed by atoms with Gasteiger partial charge >= 0.3 is 0 Å². The smallest absolute Gasteiger partial charge is 0.274 e. The lowest BCUT2D eigenvalue weighted by Gasteiger charge is -2.34. The molecule has 1 aliphatic rings. The predicted octanol–water partition coefficient (Wildman–Crippen LogP) is 2.47. The molecule has 2 amide bonds.